The van der Waals surface area contributed by atoms with Crippen LogP contribution in [0.15, 0.2) is 97.2 Å². The number of unbranched alkanes of at least 4 members (excludes halogenated alkanes) is 16. The Morgan fingerprint density at radius 3 is 1.30 bits per heavy atom. The van der Waals surface area contributed by atoms with Crippen LogP contribution in [0.25, 0.3) is 0 Å². The van der Waals surface area contributed by atoms with Gasteiger partial charge >= 0.3 is 19.8 Å². The van der Waals surface area contributed by atoms with Crippen LogP contribution in [0, 0.1) is 0 Å². The smallest absolute Gasteiger partial charge is 0.462 e. The minimum absolute atomic E-state index is 0.0231. The summed E-state index contributed by atoms with van der Waals surface area (Å²) in [4.78, 5) is 35.5. The van der Waals surface area contributed by atoms with Gasteiger partial charge in [0.05, 0.1) is 27.7 Å². The van der Waals surface area contributed by atoms with Crippen molar-refractivity contribution in [1.29, 1.82) is 0 Å². The summed E-state index contributed by atoms with van der Waals surface area (Å²) >= 11 is 0. The van der Waals surface area contributed by atoms with Gasteiger partial charge in [-0.25, -0.2) is 4.57 Å². The third-order valence-electron chi connectivity index (χ3n) is 10.6. The second-order valence-electron chi connectivity index (χ2n) is 18.2. The summed E-state index contributed by atoms with van der Waals surface area (Å²) in [6.45, 7) is 4.26. The molecule has 0 spiro atoms. The largest absolute Gasteiger partial charge is 0.472 e. The van der Waals surface area contributed by atoms with Crippen LogP contribution in [0.1, 0.15) is 194 Å². The van der Waals surface area contributed by atoms with Crippen LogP contribution in [0.2, 0.25) is 0 Å². The molecule has 0 aliphatic heterocycles. The van der Waals surface area contributed by atoms with Gasteiger partial charge in [0, 0.05) is 12.8 Å². The molecule has 0 radical (unpaired) electrons. The van der Waals surface area contributed by atoms with Crippen LogP contribution in [-0.2, 0) is 32.7 Å². The number of carbonyl (C=O) groups excluding carboxylic acids is 2. The van der Waals surface area contributed by atoms with Crippen molar-refractivity contribution in [2.24, 2.45) is 0 Å². The zero-order valence-electron chi connectivity index (χ0n) is 42.6. The molecular weight excluding hydrogens is 846 g/mol. The highest BCUT2D eigenvalue weighted by molar-refractivity contribution is 7.47. The summed E-state index contributed by atoms with van der Waals surface area (Å²) < 4.78 is 34.4. The van der Waals surface area contributed by atoms with Gasteiger partial charge in [-0.05, 0) is 96.3 Å². The van der Waals surface area contributed by atoms with Gasteiger partial charge in [0.1, 0.15) is 19.8 Å². The van der Waals surface area contributed by atoms with Crippen molar-refractivity contribution in [2.75, 3.05) is 47.5 Å². The second kappa shape index (κ2) is 47.0. The Labute approximate surface area is 404 Å². The average Bonchev–Trinajstić information content (AvgIpc) is 3.27. The molecule has 0 aliphatic carbocycles. The van der Waals surface area contributed by atoms with Gasteiger partial charge in [0.15, 0.2) is 6.10 Å². The predicted molar refractivity (Wildman–Crippen MR) is 279 cm³/mol. The van der Waals surface area contributed by atoms with Crippen molar-refractivity contribution in [1.82, 2.24) is 0 Å². The van der Waals surface area contributed by atoms with E-state index in [1.807, 2.05) is 21.1 Å². The molecule has 0 bridgehead atoms. The first kappa shape index (κ1) is 62.9. The normalized spacial score (nSPS) is 14.2. The number of phosphoric ester groups is 1. The number of quaternary nitrogens is 1. The highest BCUT2D eigenvalue weighted by Gasteiger charge is 2.27. The zero-order valence-corrected chi connectivity index (χ0v) is 43.5. The number of phosphoric acid groups is 1. The molecule has 0 saturated heterocycles. The summed E-state index contributed by atoms with van der Waals surface area (Å²) in [5.41, 5.74) is 0. The first-order valence-electron chi connectivity index (χ1n) is 26.0. The number of likely N-dealkylation sites (N-methyl/N-ethyl adjacent to an activating group) is 1. The van der Waals surface area contributed by atoms with Crippen LogP contribution in [0.4, 0.5) is 0 Å². The molecule has 0 fully saturated rings. The molecule has 10 heteroatoms. The lowest BCUT2D eigenvalue weighted by atomic mass is 10.1. The number of hydrogen-bond acceptors (Lipinski definition) is 7. The van der Waals surface area contributed by atoms with Crippen molar-refractivity contribution in [3.8, 4) is 0 Å². The van der Waals surface area contributed by atoms with Gasteiger partial charge in [-0.2, -0.15) is 0 Å². The molecule has 0 aromatic rings. The van der Waals surface area contributed by atoms with E-state index in [0.717, 1.165) is 109 Å². The van der Waals surface area contributed by atoms with Crippen LogP contribution >= 0.6 is 7.82 Å². The first-order chi connectivity index (χ1) is 32.0. The molecule has 2 atom stereocenters. The molecular formula is C56H97NO8P+. The minimum Gasteiger partial charge on any atom is -0.462 e. The Balaban J connectivity index is 4.25. The molecule has 0 saturated carbocycles. The van der Waals surface area contributed by atoms with Crippen molar-refractivity contribution in [2.45, 2.75) is 200 Å². The van der Waals surface area contributed by atoms with Crippen LogP contribution in [0.3, 0.4) is 0 Å². The molecule has 0 aromatic heterocycles. The fourth-order valence-electron chi connectivity index (χ4n) is 6.58. The minimum atomic E-state index is -4.39. The zero-order chi connectivity index (χ0) is 48.5. The third kappa shape index (κ3) is 50.3. The summed E-state index contributed by atoms with van der Waals surface area (Å²) in [5, 5.41) is 0. The van der Waals surface area contributed by atoms with Crippen molar-refractivity contribution < 1.29 is 42.1 Å². The van der Waals surface area contributed by atoms with Crippen LogP contribution in [0.5, 0.6) is 0 Å². The topological polar surface area (TPSA) is 108 Å². The van der Waals surface area contributed by atoms with Crippen molar-refractivity contribution >= 4 is 19.8 Å². The van der Waals surface area contributed by atoms with E-state index < -0.39 is 26.5 Å². The monoisotopic (exact) mass is 943 g/mol. The quantitative estimate of drug-likeness (QED) is 0.0211. The van der Waals surface area contributed by atoms with Gasteiger partial charge < -0.3 is 18.9 Å². The van der Waals surface area contributed by atoms with E-state index in [4.69, 9.17) is 18.5 Å². The summed E-state index contributed by atoms with van der Waals surface area (Å²) in [5.74, 6) is -0.828. The summed E-state index contributed by atoms with van der Waals surface area (Å²) in [6, 6.07) is 0. The number of ether oxygens (including phenoxy) is 2. The Morgan fingerprint density at radius 1 is 0.485 bits per heavy atom. The van der Waals surface area contributed by atoms with Gasteiger partial charge in [0.25, 0.3) is 0 Å². The van der Waals surface area contributed by atoms with Crippen LogP contribution in [-0.4, -0.2) is 74.9 Å². The van der Waals surface area contributed by atoms with Gasteiger partial charge in [-0.3, -0.25) is 18.6 Å². The third-order valence-corrected chi connectivity index (χ3v) is 11.6. The number of hydrogen-bond donors (Lipinski definition) is 1. The van der Waals surface area contributed by atoms with E-state index in [1.54, 1.807) is 0 Å². The number of esters is 2. The second-order valence-corrected chi connectivity index (χ2v) is 19.6. The lowest BCUT2D eigenvalue weighted by molar-refractivity contribution is -0.870. The Morgan fingerprint density at radius 2 is 0.864 bits per heavy atom. The van der Waals surface area contributed by atoms with E-state index in [9.17, 15) is 19.0 Å². The SMILES string of the molecule is CC/C=C\C/C=C\C/C=C\C/C=C\C/C=C\C/C=C\C/C=C\CCCCCCCCCC(=O)OC(COC(=O)CCCCCCC/C=C\CCCCCC)COP(=O)(O)OCC[N+](C)(C)C. The Bertz CT molecular complexity index is 1440. The molecule has 0 rings (SSSR count). The van der Waals surface area contributed by atoms with E-state index >= 15 is 0 Å². The Kier molecular flexibility index (Phi) is 44.8. The van der Waals surface area contributed by atoms with Gasteiger partial charge in [-0.1, -0.05) is 182 Å². The van der Waals surface area contributed by atoms with Gasteiger partial charge in [-0.15, -0.1) is 0 Å². The maximum atomic E-state index is 12.8. The average molecular weight is 943 g/mol. The molecule has 1 N–H and O–H groups in total. The number of nitrogens with zero attached hydrogens (tertiary/aromatic N) is 1. The van der Waals surface area contributed by atoms with Crippen molar-refractivity contribution in [3.05, 3.63) is 97.2 Å². The lowest BCUT2D eigenvalue weighted by Crippen LogP contribution is -2.37. The van der Waals surface area contributed by atoms with E-state index in [2.05, 4.69) is 111 Å². The van der Waals surface area contributed by atoms with E-state index in [-0.39, 0.29) is 32.0 Å². The molecule has 2 unspecified atom stereocenters. The highest BCUT2D eigenvalue weighted by atomic mass is 31.2. The molecule has 66 heavy (non-hydrogen) atoms. The molecule has 378 valence electrons. The van der Waals surface area contributed by atoms with E-state index in [0.29, 0.717) is 17.4 Å². The van der Waals surface area contributed by atoms with Gasteiger partial charge in [0.2, 0.25) is 0 Å². The molecule has 0 aromatic carbocycles. The maximum Gasteiger partial charge on any atom is 0.472 e. The Hall–Kier alpha value is -3.07. The summed E-state index contributed by atoms with van der Waals surface area (Å²) in [6.07, 6.45) is 63.2. The summed E-state index contributed by atoms with van der Waals surface area (Å²) in [7, 11) is 1.45. The maximum absolute atomic E-state index is 12.8. The highest BCUT2D eigenvalue weighted by Crippen LogP contribution is 2.43. The standard InChI is InChI=1S/C56H96NO8P/c1-6-8-10-12-14-16-18-20-21-22-23-24-25-26-27-28-29-30-31-32-33-34-35-37-39-41-43-45-47-49-56(59)65-54(53-64-66(60,61)63-51-50-57(3,4)5)52-62-55(58)48-46-44-42-40-38-36-19-17-15-13-11-9-7-2/h8,10,14,16-17,19-21,23-24,26-27,29-30,32-33,54H,6-7,9,11-13,15,18,22,25,28,31,34-53H2,1-5H3/p+1/b10-8-,16-14-,19-17-,21-20-,24-23-,27-26-,30-29-,33-32-. The fourth-order valence-corrected chi connectivity index (χ4v) is 7.32. The fraction of sp³-hybridized carbons (Fsp3) is 0.679. The molecule has 0 heterocycles. The molecule has 0 amide bonds. The number of rotatable bonds is 46. The first-order valence-corrected chi connectivity index (χ1v) is 27.5. The molecule has 9 nitrogen and oxygen atoms in total. The number of allylic oxidation sites excluding steroid dienone is 16. The van der Waals surface area contributed by atoms with E-state index in [1.165, 1.54) is 51.4 Å². The lowest BCUT2D eigenvalue weighted by Gasteiger charge is -2.24. The van der Waals surface area contributed by atoms with Crippen molar-refractivity contribution in [3.63, 3.8) is 0 Å². The molecule has 0 aliphatic rings. The predicted octanol–water partition coefficient (Wildman–Crippen LogP) is 15.7. The van der Waals surface area contributed by atoms with Crippen LogP contribution < -0.4 is 0 Å². The number of carbonyl (C=O) groups is 2.